The first-order valence-electron chi connectivity index (χ1n) is 6.42. The van der Waals surface area contributed by atoms with Gasteiger partial charge in [0, 0.05) is 10.9 Å². The van der Waals surface area contributed by atoms with E-state index in [2.05, 4.69) is 4.98 Å². The second-order valence-corrected chi connectivity index (χ2v) is 5.51. The first kappa shape index (κ1) is 14.5. The Morgan fingerprint density at radius 2 is 2.10 bits per heavy atom. The molecular weight excluding hydrogens is 274 g/mol. The van der Waals surface area contributed by atoms with Crippen LogP contribution in [0, 0.1) is 13.8 Å². The molecule has 0 atom stereocenters. The zero-order chi connectivity index (χ0) is 14.7. The van der Waals surface area contributed by atoms with Crippen molar-refractivity contribution in [3.05, 3.63) is 33.6 Å². The normalized spacial score (nSPS) is 10.6. The lowest BCUT2D eigenvalue weighted by atomic mass is 10.0. The molecule has 1 aromatic heterocycles. The molecule has 0 radical (unpaired) electrons. The zero-order valence-corrected chi connectivity index (χ0v) is 12.6. The second-order valence-electron chi connectivity index (χ2n) is 4.56. The molecule has 20 heavy (non-hydrogen) atoms. The van der Waals surface area contributed by atoms with Gasteiger partial charge in [-0.15, -0.1) is 11.3 Å². The molecule has 0 fully saturated rings. The van der Waals surface area contributed by atoms with Crippen LogP contribution >= 0.6 is 11.3 Å². The lowest BCUT2D eigenvalue weighted by Crippen LogP contribution is -1.99. The van der Waals surface area contributed by atoms with Gasteiger partial charge in [0.2, 0.25) is 0 Å². The Labute approximate surface area is 122 Å². The van der Waals surface area contributed by atoms with Gasteiger partial charge in [0.25, 0.3) is 0 Å². The van der Waals surface area contributed by atoms with Crippen molar-refractivity contribution in [2.45, 2.75) is 27.2 Å². The summed E-state index contributed by atoms with van der Waals surface area (Å²) in [6.07, 6.45) is -0.0280. The van der Waals surface area contributed by atoms with Gasteiger partial charge in [-0.25, -0.2) is 4.98 Å². The van der Waals surface area contributed by atoms with Crippen LogP contribution in [0.5, 0.6) is 5.75 Å². The van der Waals surface area contributed by atoms with E-state index in [9.17, 15) is 4.79 Å². The summed E-state index contributed by atoms with van der Waals surface area (Å²) in [5.41, 5.74) is 3.99. The van der Waals surface area contributed by atoms with Crippen molar-refractivity contribution >= 4 is 17.3 Å². The third kappa shape index (κ3) is 3.17. The number of carbonyl (C=O) groups is 1. The fourth-order valence-electron chi connectivity index (χ4n) is 2.02. The monoisotopic (exact) mass is 291 g/mol. The molecule has 2 rings (SSSR count). The number of hydrogen-bond acceptors (Lipinski definition) is 4. The summed E-state index contributed by atoms with van der Waals surface area (Å²) in [5.74, 6) is 0.0280. The molecule has 0 aliphatic heterocycles. The van der Waals surface area contributed by atoms with E-state index in [4.69, 9.17) is 9.84 Å². The molecule has 0 spiro atoms. The number of nitrogens with zero attached hydrogens (tertiary/aromatic N) is 1. The summed E-state index contributed by atoms with van der Waals surface area (Å²) < 4.78 is 5.57. The van der Waals surface area contributed by atoms with Crippen molar-refractivity contribution in [2.24, 2.45) is 0 Å². The minimum atomic E-state index is -0.856. The molecule has 0 saturated heterocycles. The Morgan fingerprint density at radius 1 is 1.35 bits per heavy atom. The highest BCUT2D eigenvalue weighted by atomic mass is 32.1. The number of thiazole rings is 1. The molecule has 1 N–H and O–H groups in total. The Kier molecular flexibility index (Phi) is 4.39. The smallest absolute Gasteiger partial charge is 0.310 e. The fourth-order valence-corrected chi connectivity index (χ4v) is 2.81. The maximum Gasteiger partial charge on any atom is 0.310 e. The Balaban J connectivity index is 2.35. The van der Waals surface area contributed by atoms with E-state index < -0.39 is 5.97 Å². The van der Waals surface area contributed by atoms with Crippen LogP contribution in [-0.4, -0.2) is 22.7 Å². The summed E-state index contributed by atoms with van der Waals surface area (Å²) >= 11 is 1.38. The molecule has 106 valence electrons. The minimum Gasteiger partial charge on any atom is -0.494 e. The molecular formula is C15H17NO3S. The summed E-state index contributed by atoms with van der Waals surface area (Å²) in [6.45, 7) is 6.60. The van der Waals surface area contributed by atoms with E-state index >= 15 is 0 Å². The summed E-state index contributed by atoms with van der Waals surface area (Å²) in [4.78, 5) is 15.1. The number of aromatic nitrogens is 1. The molecule has 1 aromatic carbocycles. The standard InChI is InChI=1S/C15H17NO3S/c1-4-19-13-6-9(2)11(5-10(13)3)12-8-20-14(16-12)7-15(17)18/h5-6,8H,4,7H2,1-3H3,(H,17,18). The third-order valence-corrected chi connectivity index (χ3v) is 3.80. The van der Waals surface area contributed by atoms with Gasteiger partial charge >= 0.3 is 5.97 Å². The number of aryl methyl sites for hydroxylation is 2. The van der Waals surface area contributed by atoms with Crippen molar-refractivity contribution in [2.75, 3.05) is 6.61 Å². The molecule has 0 saturated carbocycles. The molecule has 4 nitrogen and oxygen atoms in total. The van der Waals surface area contributed by atoms with Crippen molar-refractivity contribution in [3.8, 4) is 17.0 Å². The highest BCUT2D eigenvalue weighted by Crippen LogP contribution is 2.31. The van der Waals surface area contributed by atoms with Crippen LogP contribution in [0.2, 0.25) is 0 Å². The lowest BCUT2D eigenvalue weighted by molar-refractivity contribution is -0.136. The average Bonchev–Trinajstić information content (AvgIpc) is 2.81. The van der Waals surface area contributed by atoms with Gasteiger partial charge in [0.1, 0.15) is 10.8 Å². The van der Waals surface area contributed by atoms with Crippen LogP contribution in [0.25, 0.3) is 11.3 Å². The van der Waals surface area contributed by atoms with Crippen molar-refractivity contribution in [1.82, 2.24) is 4.98 Å². The average molecular weight is 291 g/mol. The quantitative estimate of drug-likeness (QED) is 0.916. The number of rotatable bonds is 5. The first-order chi connectivity index (χ1) is 9.51. The topological polar surface area (TPSA) is 59.4 Å². The van der Waals surface area contributed by atoms with Crippen LogP contribution in [0.3, 0.4) is 0 Å². The second kappa shape index (κ2) is 6.05. The maximum absolute atomic E-state index is 10.7. The Hall–Kier alpha value is -1.88. The number of aliphatic carboxylic acids is 1. The SMILES string of the molecule is CCOc1cc(C)c(-c2csc(CC(=O)O)n2)cc1C. The van der Waals surface area contributed by atoms with Crippen LogP contribution in [0.1, 0.15) is 23.1 Å². The van der Waals surface area contributed by atoms with Crippen LogP contribution in [0.4, 0.5) is 0 Å². The van der Waals surface area contributed by atoms with Crippen LogP contribution in [0.15, 0.2) is 17.5 Å². The van der Waals surface area contributed by atoms with E-state index in [-0.39, 0.29) is 6.42 Å². The molecule has 0 bridgehead atoms. The van der Waals surface area contributed by atoms with E-state index in [0.717, 1.165) is 28.1 Å². The summed E-state index contributed by atoms with van der Waals surface area (Å²) in [5, 5.41) is 11.3. The van der Waals surface area contributed by atoms with Gasteiger partial charge < -0.3 is 9.84 Å². The van der Waals surface area contributed by atoms with E-state index in [1.165, 1.54) is 11.3 Å². The Bertz CT molecular complexity index is 634. The molecule has 0 aliphatic rings. The van der Waals surface area contributed by atoms with Crippen molar-refractivity contribution < 1.29 is 14.6 Å². The van der Waals surface area contributed by atoms with Crippen LogP contribution < -0.4 is 4.74 Å². The highest BCUT2D eigenvalue weighted by Gasteiger charge is 2.12. The number of hydrogen-bond donors (Lipinski definition) is 1. The van der Waals surface area contributed by atoms with Crippen molar-refractivity contribution in [3.63, 3.8) is 0 Å². The van der Waals surface area contributed by atoms with Gasteiger partial charge in [-0.05, 0) is 44.0 Å². The highest BCUT2D eigenvalue weighted by molar-refractivity contribution is 7.10. The number of ether oxygens (including phenoxy) is 1. The predicted octanol–water partition coefficient (Wildman–Crippen LogP) is 3.45. The van der Waals surface area contributed by atoms with Gasteiger partial charge in [-0.3, -0.25) is 4.79 Å². The summed E-state index contributed by atoms with van der Waals surface area (Å²) in [6, 6.07) is 4.05. The maximum atomic E-state index is 10.7. The van der Waals surface area contributed by atoms with Gasteiger partial charge in [-0.2, -0.15) is 0 Å². The Morgan fingerprint density at radius 3 is 2.75 bits per heavy atom. The van der Waals surface area contributed by atoms with Gasteiger partial charge in [-0.1, -0.05) is 0 Å². The molecule has 1 heterocycles. The minimum absolute atomic E-state index is 0.0280. The summed E-state index contributed by atoms with van der Waals surface area (Å²) in [7, 11) is 0. The first-order valence-corrected chi connectivity index (χ1v) is 7.29. The number of benzene rings is 1. The van der Waals surface area contributed by atoms with Crippen LogP contribution in [-0.2, 0) is 11.2 Å². The lowest BCUT2D eigenvalue weighted by Gasteiger charge is -2.11. The largest absolute Gasteiger partial charge is 0.494 e. The molecule has 5 heteroatoms. The third-order valence-electron chi connectivity index (χ3n) is 2.95. The molecule has 0 amide bonds. The van der Waals surface area contributed by atoms with E-state index in [1.54, 1.807) is 0 Å². The van der Waals surface area contributed by atoms with Gasteiger partial charge in [0.05, 0.1) is 18.7 Å². The fraction of sp³-hybridized carbons (Fsp3) is 0.333. The predicted molar refractivity (Wildman–Crippen MR) is 79.5 cm³/mol. The van der Waals surface area contributed by atoms with E-state index in [1.807, 2.05) is 38.3 Å². The number of carboxylic acid groups (broad SMARTS) is 1. The number of carboxylic acids is 1. The molecule has 0 aliphatic carbocycles. The molecule has 0 unspecified atom stereocenters. The molecule has 2 aromatic rings. The van der Waals surface area contributed by atoms with Gasteiger partial charge in [0.15, 0.2) is 0 Å². The zero-order valence-electron chi connectivity index (χ0n) is 11.8. The van der Waals surface area contributed by atoms with E-state index in [0.29, 0.717) is 11.6 Å². The van der Waals surface area contributed by atoms with Crippen molar-refractivity contribution in [1.29, 1.82) is 0 Å².